The molecular weight excluding hydrogens is 304 g/mol. The fourth-order valence-corrected chi connectivity index (χ4v) is 3.10. The Hall–Kier alpha value is -2.58. The van der Waals surface area contributed by atoms with Crippen LogP contribution in [0.5, 0.6) is 0 Å². The Morgan fingerprint density at radius 3 is 1.83 bits per heavy atom. The lowest BCUT2D eigenvalue weighted by Crippen LogP contribution is -2.10. The van der Waals surface area contributed by atoms with Crippen molar-refractivity contribution in [1.29, 1.82) is 0 Å². The smallest absolute Gasteiger partial charge is 0.0823 e. The summed E-state index contributed by atoms with van der Waals surface area (Å²) in [5, 5.41) is 4.00. The van der Waals surface area contributed by atoms with Gasteiger partial charge >= 0.3 is 0 Å². The molecule has 1 heterocycles. The lowest BCUT2D eigenvalue weighted by molar-refractivity contribution is 1.00. The van der Waals surface area contributed by atoms with Crippen molar-refractivity contribution in [1.82, 2.24) is 4.57 Å². The number of hydrogen-bond donors (Lipinski definition) is 0. The van der Waals surface area contributed by atoms with Crippen molar-refractivity contribution < 1.29 is 0 Å². The summed E-state index contributed by atoms with van der Waals surface area (Å²) in [5.41, 5.74) is 3.23. The van der Waals surface area contributed by atoms with Crippen molar-refractivity contribution >= 4 is 39.1 Å². The molecule has 0 atom stereocenters. The number of benzene rings is 3. The van der Waals surface area contributed by atoms with Gasteiger partial charge in [-0.15, -0.1) is 0 Å². The predicted octanol–water partition coefficient (Wildman–Crippen LogP) is 5.22. The summed E-state index contributed by atoms with van der Waals surface area (Å²) in [6, 6.07) is 24.3. The van der Waals surface area contributed by atoms with E-state index in [0.717, 1.165) is 26.8 Å². The van der Waals surface area contributed by atoms with E-state index < -0.39 is 0 Å². The molecule has 0 aliphatic rings. The third kappa shape index (κ3) is 2.41. The van der Waals surface area contributed by atoms with Crippen LogP contribution in [0.3, 0.4) is 0 Å². The van der Waals surface area contributed by atoms with Crippen LogP contribution in [-0.4, -0.2) is 4.57 Å². The van der Waals surface area contributed by atoms with Crippen LogP contribution >= 0.6 is 11.6 Å². The van der Waals surface area contributed by atoms with Crippen molar-refractivity contribution in [2.45, 2.75) is 0 Å². The molecule has 0 fully saturated rings. The van der Waals surface area contributed by atoms with Gasteiger partial charge < -0.3 is 4.57 Å². The minimum absolute atomic E-state index is 0.720. The van der Waals surface area contributed by atoms with E-state index in [9.17, 15) is 0 Å². The van der Waals surface area contributed by atoms with Crippen LogP contribution in [0, 0.1) is 0 Å². The Bertz CT molecular complexity index is 1020. The number of rotatable bonds is 1. The van der Waals surface area contributed by atoms with E-state index in [4.69, 9.17) is 16.6 Å². The highest BCUT2D eigenvalue weighted by molar-refractivity contribution is 6.30. The molecule has 0 spiro atoms. The first-order valence-corrected chi connectivity index (χ1v) is 7.88. The van der Waals surface area contributed by atoms with Crippen LogP contribution in [0.25, 0.3) is 21.8 Å². The number of nitrogens with zero attached hydrogens (tertiary/aromatic N) is 2. The molecule has 1 aromatic heterocycles. The topological polar surface area (TPSA) is 17.3 Å². The maximum absolute atomic E-state index is 5.98. The molecule has 3 heteroatoms. The lowest BCUT2D eigenvalue weighted by Gasteiger charge is -2.11. The average Bonchev–Trinajstić information content (AvgIpc) is 2.60. The van der Waals surface area contributed by atoms with Crippen molar-refractivity contribution in [3.8, 4) is 0 Å². The standard InChI is InChI=1S/C20H15ClN2/c1-23-18-8-4-2-6-16(18)20(17-7-3-5-9-19(17)23)22-15-12-10-14(21)11-13-15/h2-13H,1H3. The van der Waals surface area contributed by atoms with Crippen molar-refractivity contribution in [3.63, 3.8) is 0 Å². The minimum atomic E-state index is 0.720. The average molecular weight is 319 g/mol. The van der Waals surface area contributed by atoms with Crippen molar-refractivity contribution in [3.05, 3.63) is 83.2 Å². The fraction of sp³-hybridized carbons (Fsp3) is 0.0500. The first kappa shape index (κ1) is 14.0. The molecular formula is C20H15ClN2. The number of aryl methyl sites for hydroxylation is 1. The number of halogens is 1. The molecule has 0 aliphatic heterocycles. The Labute approximate surface area is 139 Å². The summed E-state index contributed by atoms with van der Waals surface area (Å²) in [5.74, 6) is 0. The van der Waals surface area contributed by atoms with Crippen LogP contribution < -0.4 is 5.36 Å². The highest BCUT2D eigenvalue weighted by Gasteiger charge is 2.06. The first-order valence-electron chi connectivity index (χ1n) is 7.51. The monoisotopic (exact) mass is 318 g/mol. The van der Waals surface area contributed by atoms with Gasteiger partial charge in [0.1, 0.15) is 0 Å². The molecule has 112 valence electrons. The lowest BCUT2D eigenvalue weighted by atomic mass is 10.1. The van der Waals surface area contributed by atoms with Crippen molar-refractivity contribution in [2.24, 2.45) is 12.0 Å². The van der Waals surface area contributed by atoms with E-state index in [-0.39, 0.29) is 0 Å². The summed E-state index contributed by atoms with van der Waals surface area (Å²) in [6.45, 7) is 0. The number of para-hydroxylation sites is 2. The Morgan fingerprint density at radius 2 is 1.26 bits per heavy atom. The van der Waals surface area contributed by atoms with Crippen LogP contribution in [0.4, 0.5) is 5.69 Å². The van der Waals surface area contributed by atoms with Crippen LogP contribution in [0.15, 0.2) is 77.8 Å². The molecule has 4 aromatic rings. The highest BCUT2D eigenvalue weighted by atomic mass is 35.5. The van der Waals surface area contributed by atoms with E-state index in [0.29, 0.717) is 0 Å². The Morgan fingerprint density at radius 1 is 0.739 bits per heavy atom. The number of fused-ring (bicyclic) bond motifs is 2. The largest absolute Gasteiger partial charge is 0.344 e. The number of pyridine rings is 1. The van der Waals surface area contributed by atoms with E-state index in [1.54, 1.807) is 0 Å². The molecule has 0 radical (unpaired) electrons. The van der Waals surface area contributed by atoms with Gasteiger partial charge in [0, 0.05) is 22.8 Å². The molecule has 2 nitrogen and oxygen atoms in total. The summed E-state index contributed by atoms with van der Waals surface area (Å²) in [4.78, 5) is 4.91. The molecule has 0 saturated heterocycles. The molecule has 0 unspecified atom stereocenters. The van der Waals surface area contributed by atoms with Crippen LogP contribution in [0.1, 0.15) is 0 Å². The highest BCUT2D eigenvalue weighted by Crippen LogP contribution is 2.20. The van der Waals surface area contributed by atoms with Crippen LogP contribution in [0.2, 0.25) is 5.02 Å². The molecule has 0 bridgehead atoms. The van der Waals surface area contributed by atoms with E-state index in [2.05, 4.69) is 60.1 Å². The molecule has 4 rings (SSSR count). The van der Waals surface area contributed by atoms with Gasteiger partial charge in [-0.2, -0.15) is 0 Å². The van der Waals surface area contributed by atoms with E-state index in [1.807, 2.05) is 24.3 Å². The molecule has 0 aliphatic carbocycles. The first-order chi connectivity index (χ1) is 11.2. The quantitative estimate of drug-likeness (QED) is 0.428. The van der Waals surface area contributed by atoms with E-state index in [1.165, 1.54) is 11.0 Å². The Balaban J connectivity index is 2.18. The summed E-state index contributed by atoms with van der Waals surface area (Å²) in [7, 11) is 2.09. The summed E-state index contributed by atoms with van der Waals surface area (Å²) in [6.07, 6.45) is 0. The van der Waals surface area contributed by atoms with Gasteiger partial charge in [0.2, 0.25) is 0 Å². The van der Waals surface area contributed by atoms with Gasteiger partial charge in [0.25, 0.3) is 0 Å². The second-order valence-electron chi connectivity index (χ2n) is 5.53. The normalized spacial score (nSPS) is 11.0. The third-order valence-corrected chi connectivity index (χ3v) is 4.36. The molecule has 0 saturated carbocycles. The molecule has 23 heavy (non-hydrogen) atoms. The summed E-state index contributed by atoms with van der Waals surface area (Å²) >= 11 is 5.98. The SMILES string of the molecule is Cn1c2ccccc2c(=Nc2ccc(Cl)cc2)c2ccccc21. The van der Waals surface area contributed by atoms with Crippen LogP contribution in [-0.2, 0) is 7.05 Å². The van der Waals surface area contributed by atoms with Gasteiger partial charge in [0.05, 0.1) is 22.1 Å². The maximum atomic E-state index is 5.98. The second kappa shape index (κ2) is 5.56. The fourth-order valence-electron chi connectivity index (χ4n) is 2.97. The number of hydrogen-bond acceptors (Lipinski definition) is 1. The molecule has 0 amide bonds. The minimum Gasteiger partial charge on any atom is -0.344 e. The van der Waals surface area contributed by atoms with Gasteiger partial charge in [-0.05, 0) is 36.4 Å². The van der Waals surface area contributed by atoms with Gasteiger partial charge in [-0.25, -0.2) is 4.99 Å². The second-order valence-corrected chi connectivity index (χ2v) is 5.97. The zero-order chi connectivity index (χ0) is 15.8. The van der Waals surface area contributed by atoms with E-state index >= 15 is 0 Å². The maximum Gasteiger partial charge on any atom is 0.0823 e. The Kier molecular flexibility index (Phi) is 3.40. The number of aromatic nitrogens is 1. The zero-order valence-corrected chi connectivity index (χ0v) is 13.5. The third-order valence-electron chi connectivity index (χ3n) is 4.11. The zero-order valence-electron chi connectivity index (χ0n) is 12.7. The summed E-state index contributed by atoms with van der Waals surface area (Å²) < 4.78 is 2.21. The van der Waals surface area contributed by atoms with Gasteiger partial charge in [-0.3, -0.25) is 0 Å². The molecule has 0 N–H and O–H groups in total. The predicted molar refractivity (Wildman–Crippen MR) is 97.1 cm³/mol. The molecule has 3 aromatic carbocycles. The van der Waals surface area contributed by atoms with Gasteiger partial charge in [-0.1, -0.05) is 48.0 Å². The van der Waals surface area contributed by atoms with Gasteiger partial charge in [0.15, 0.2) is 0 Å². The van der Waals surface area contributed by atoms with Crippen molar-refractivity contribution in [2.75, 3.05) is 0 Å².